The summed E-state index contributed by atoms with van der Waals surface area (Å²) in [5.41, 5.74) is 0.0201. The Balaban J connectivity index is 3.12. The van der Waals surface area contributed by atoms with Crippen LogP contribution in [0, 0.1) is 6.92 Å². The molecular weight excluding hydrogens is 170 g/mol. The van der Waals surface area contributed by atoms with Crippen molar-refractivity contribution in [3.63, 3.8) is 0 Å². The Bertz CT molecular complexity index is 281. The first-order valence-electron chi connectivity index (χ1n) is 2.86. The molecule has 4 nitrogen and oxygen atoms in total. The molecule has 0 radical (unpaired) electrons. The van der Waals surface area contributed by atoms with Crippen molar-refractivity contribution < 1.29 is 13.9 Å². The summed E-state index contributed by atoms with van der Waals surface area (Å²) in [6, 6.07) is 0. The Hall–Kier alpha value is -1.03. The molecule has 0 aromatic carbocycles. The Morgan fingerprint density at radius 1 is 1.73 bits per heavy atom. The number of carbonyl (C=O) groups excluding carboxylic acids is 1. The van der Waals surface area contributed by atoms with Crippen molar-refractivity contribution in [3.8, 4) is 5.95 Å². The Kier molecular flexibility index (Phi) is 2.14. The van der Waals surface area contributed by atoms with Crippen LogP contribution in [0.4, 0.5) is 0 Å². The number of aryl methyl sites for hydroxylation is 1. The number of rotatable bonds is 2. The first-order chi connectivity index (χ1) is 5.15. The highest BCUT2D eigenvalue weighted by Gasteiger charge is 2.16. The fraction of sp³-hybridized carbons (Fsp3) is 0.333. The number of nitrogens with zero attached hydrogens (tertiary/aromatic N) is 1. The van der Waals surface area contributed by atoms with Crippen LogP contribution in [-0.4, -0.2) is 17.3 Å². The third-order valence-corrected chi connectivity index (χ3v) is 1.25. The van der Waals surface area contributed by atoms with Crippen molar-refractivity contribution >= 4 is 16.8 Å². The highest BCUT2D eigenvalue weighted by molar-refractivity contribution is 6.67. The summed E-state index contributed by atoms with van der Waals surface area (Å²) in [5, 5.41) is -0.682. The highest BCUT2D eigenvalue weighted by Crippen LogP contribution is 2.20. The Labute approximate surface area is 68.1 Å². The largest absolute Gasteiger partial charge is 0.467 e. The van der Waals surface area contributed by atoms with Crippen LogP contribution in [0.1, 0.15) is 16.4 Å². The monoisotopic (exact) mass is 175 g/mol. The molecule has 11 heavy (non-hydrogen) atoms. The molecule has 0 saturated carbocycles. The van der Waals surface area contributed by atoms with Crippen LogP contribution >= 0.6 is 11.6 Å². The van der Waals surface area contributed by atoms with Crippen LogP contribution < -0.4 is 4.74 Å². The number of halogens is 1. The lowest BCUT2D eigenvalue weighted by Gasteiger charge is -1.90. The average molecular weight is 176 g/mol. The number of ether oxygens (including phenoxy) is 1. The number of oxazole rings is 1. The van der Waals surface area contributed by atoms with Crippen molar-refractivity contribution in [2.75, 3.05) is 7.11 Å². The highest BCUT2D eigenvalue weighted by atomic mass is 35.5. The van der Waals surface area contributed by atoms with E-state index in [0.29, 0.717) is 5.89 Å². The van der Waals surface area contributed by atoms with Gasteiger partial charge in [-0.05, 0) is 11.6 Å². The fourth-order valence-corrected chi connectivity index (χ4v) is 0.790. The van der Waals surface area contributed by atoms with Gasteiger partial charge in [-0.3, -0.25) is 4.79 Å². The summed E-state index contributed by atoms with van der Waals surface area (Å²) in [4.78, 5) is 14.3. The van der Waals surface area contributed by atoms with Gasteiger partial charge in [0.15, 0.2) is 5.89 Å². The van der Waals surface area contributed by atoms with Gasteiger partial charge in [0.25, 0.3) is 5.24 Å². The van der Waals surface area contributed by atoms with Gasteiger partial charge in [-0.2, -0.15) is 0 Å². The van der Waals surface area contributed by atoms with Gasteiger partial charge in [0, 0.05) is 6.92 Å². The molecule has 0 aliphatic carbocycles. The van der Waals surface area contributed by atoms with Gasteiger partial charge < -0.3 is 9.15 Å². The topological polar surface area (TPSA) is 52.3 Å². The lowest BCUT2D eigenvalue weighted by Crippen LogP contribution is -1.92. The molecule has 5 heteroatoms. The summed E-state index contributed by atoms with van der Waals surface area (Å²) >= 11 is 5.16. The summed E-state index contributed by atoms with van der Waals surface area (Å²) in [7, 11) is 1.38. The van der Waals surface area contributed by atoms with E-state index in [1.165, 1.54) is 7.11 Å². The van der Waals surface area contributed by atoms with Crippen LogP contribution in [-0.2, 0) is 0 Å². The minimum atomic E-state index is -0.682. The van der Waals surface area contributed by atoms with Crippen LogP contribution in [0.3, 0.4) is 0 Å². The SMILES string of the molecule is COc1oc(C)nc1C(=O)Cl. The third kappa shape index (κ3) is 1.51. The average Bonchev–Trinajstić information content (AvgIpc) is 2.30. The zero-order chi connectivity index (χ0) is 8.43. The van der Waals surface area contributed by atoms with Crippen molar-refractivity contribution in [1.82, 2.24) is 4.98 Å². The zero-order valence-corrected chi connectivity index (χ0v) is 6.81. The van der Waals surface area contributed by atoms with Gasteiger partial charge in [0.2, 0.25) is 5.69 Å². The van der Waals surface area contributed by atoms with Gasteiger partial charge in [-0.1, -0.05) is 0 Å². The molecule has 0 amide bonds. The van der Waals surface area contributed by atoms with E-state index in [-0.39, 0.29) is 11.6 Å². The van der Waals surface area contributed by atoms with Crippen molar-refractivity contribution in [1.29, 1.82) is 0 Å². The normalized spacial score (nSPS) is 9.73. The standard InChI is InChI=1S/C6H6ClNO3/c1-3-8-4(5(7)9)6(10-2)11-3/h1-2H3. The summed E-state index contributed by atoms with van der Waals surface area (Å²) in [6.45, 7) is 1.60. The third-order valence-electron chi connectivity index (χ3n) is 1.07. The summed E-state index contributed by atoms with van der Waals surface area (Å²) in [6.07, 6.45) is 0. The van der Waals surface area contributed by atoms with Gasteiger partial charge in [-0.25, -0.2) is 4.98 Å². The first-order valence-corrected chi connectivity index (χ1v) is 3.24. The van der Waals surface area contributed by atoms with Crippen LogP contribution in [0.5, 0.6) is 5.95 Å². The van der Waals surface area contributed by atoms with Crippen LogP contribution in [0.15, 0.2) is 4.42 Å². The van der Waals surface area contributed by atoms with E-state index in [9.17, 15) is 4.79 Å². The molecule has 0 atom stereocenters. The number of methoxy groups -OCH3 is 1. The molecule has 0 aliphatic rings. The molecule has 0 aliphatic heterocycles. The van der Waals surface area contributed by atoms with Crippen molar-refractivity contribution in [3.05, 3.63) is 11.6 Å². The molecule has 60 valence electrons. The van der Waals surface area contributed by atoms with Gasteiger partial charge in [0.1, 0.15) is 0 Å². The molecule has 1 heterocycles. The van der Waals surface area contributed by atoms with E-state index in [1.54, 1.807) is 6.92 Å². The maximum atomic E-state index is 10.6. The first kappa shape index (κ1) is 8.07. The van der Waals surface area contributed by atoms with Crippen molar-refractivity contribution in [2.24, 2.45) is 0 Å². The van der Waals surface area contributed by atoms with E-state index in [0.717, 1.165) is 0 Å². The predicted octanol–water partition coefficient (Wildman–Crippen LogP) is 1.37. The number of carbonyl (C=O) groups is 1. The predicted molar refractivity (Wildman–Crippen MR) is 38.0 cm³/mol. The maximum absolute atomic E-state index is 10.6. The van der Waals surface area contributed by atoms with Gasteiger partial charge >= 0.3 is 5.95 Å². The smallest absolute Gasteiger partial charge is 0.317 e. The van der Waals surface area contributed by atoms with E-state index >= 15 is 0 Å². The quantitative estimate of drug-likeness (QED) is 0.637. The minimum Gasteiger partial charge on any atom is -0.467 e. The van der Waals surface area contributed by atoms with Gasteiger partial charge in [0.05, 0.1) is 7.11 Å². The second-order valence-corrected chi connectivity index (χ2v) is 2.19. The summed E-state index contributed by atoms with van der Waals surface area (Å²) < 4.78 is 9.58. The van der Waals surface area contributed by atoms with E-state index in [2.05, 4.69) is 4.98 Å². The molecule has 0 saturated heterocycles. The Morgan fingerprint density at radius 2 is 2.36 bits per heavy atom. The lowest BCUT2D eigenvalue weighted by atomic mass is 10.5. The second kappa shape index (κ2) is 2.92. The second-order valence-electron chi connectivity index (χ2n) is 1.85. The molecule has 0 unspecified atom stereocenters. The molecule has 0 spiro atoms. The molecule has 1 aromatic heterocycles. The van der Waals surface area contributed by atoms with E-state index in [1.807, 2.05) is 0 Å². The zero-order valence-electron chi connectivity index (χ0n) is 6.05. The van der Waals surface area contributed by atoms with E-state index in [4.69, 9.17) is 20.8 Å². The fourth-order valence-electron chi connectivity index (χ4n) is 0.671. The minimum absolute atomic E-state index is 0.0201. The van der Waals surface area contributed by atoms with E-state index < -0.39 is 5.24 Å². The maximum Gasteiger partial charge on any atom is 0.317 e. The molecule has 0 fully saturated rings. The Morgan fingerprint density at radius 3 is 2.73 bits per heavy atom. The van der Waals surface area contributed by atoms with Crippen molar-refractivity contribution in [2.45, 2.75) is 6.92 Å². The number of hydrogen-bond donors (Lipinski definition) is 0. The van der Waals surface area contributed by atoms with Crippen LogP contribution in [0.2, 0.25) is 0 Å². The molecule has 0 bridgehead atoms. The summed E-state index contributed by atoms with van der Waals surface area (Å²) in [5.74, 6) is 0.411. The molecule has 0 N–H and O–H groups in total. The lowest BCUT2D eigenvalue weighted by molar-refractivity contribution is 0.107. The molecule has 1 rings (SSSR count). The molecule has 1 aromatic rings. The van der Waals surface area contributed by atoms with Crippen LogP contribution in [0.25, 0.3) is 0 Å². The number of hydrogen-bond acceptors (Lipinski definition) is 4. The molecular formula is C6H6ClNO3. The van der Waals surface area contributed by atoms with Gasteiger partial charge in [-0.15, -0.1) is 0 Å². The number of aromatic nitrogens is 1.